The van der Waals surface area contributed by atoms with Crippen LogP contribution in [0.4, 0.5) is 0 Å². The van der Waals surface area contributed by atoms with Crippen LogP contribution in [0, 0.1) is 0 Å². The molecule has 0 aliphatic carbocycles. The van der Waals surface area contributed by atoms with Crippen molar-refractivity contribution < 1.29 is 17.7 Å². The molecule has 0 fully saturated rings. The lowest BCUT2D eigenvalue weighted by Crippen LogP contribution is -1.93. The van der Waals surface area contributed by atoms with Crippen molar-refractivity contribution in [2.24, 2.45) is 0 Å². The van der Waals surface area contributed by atoms with Crippen molar-refractivity contribution in [2.75, 3.05) is 0 Å². The van der Waals surface area contributed by atoms with Gasteiger partial charge in [0.2, 0.25) is 0 Å². The highest BCUT2D eigenvalue weighted by atomic mass is 16.3. The van der Waals surface area contributed by atoms with Crippen LogP contribution in [-0.4, -0.2) is 39.0 Å². The van der Waals surface area contributed by atoms with Gasteiger partial charge in [-0.1, -0.05) is 297 Å². The topological polar surface area (TPSA) is 140 Å². The highest BCUT2D eigenvalue weighted by Gasteiger charge is 2.24. The lowest BCUT2D eigenvalue weighted by molar-refractivity contribution is 0.669. The molecule has 0 radical (unpaired) electrons. The maximum atomic E-state index is 6.54. The molecule has 0 aliphatic rings. The second-order valence-corrected chi connectivity index (χ2v) is 33.5. The number of fused-ring (bicyclic) bond motifs is 24. The minimum atomic E-state index is 0.704. The zero-order valence-corrected chi connectivity index (χ0v) is 70.8. The molecule has 12 heteroatoms. The summed E-state index contributed by atoms with van der Waals surface area (Å²) in [5.41, 5.74) is 32.8. The molecule has 19 aromatic carbocycles. The number of aromatic nitrogens is 8. The Kier molecular flexibility index (Phi) is 17.7. The molecule has 28 aromatic rings. The van der Waals surface area contributed by atoms with Crippen molar-refractivity contribution in [2.45, 2.75) is 0 Å². The van der Waals surface area contributed by atoms with Gasteiger partial charge in [0, 0.05) is 92.7 Å². The summed E-state index contributed by atoms with van der Waals surface area (Å²) >= 11 is 0. The number of rotatable bonds is 10. The number of para-hydroxylation sites is 5. The molecule has 0 N–H and O–H groups in total. The molecule has 12 nitrogen and oxygen atoms in total. The number of nitrogens with zero attached hydrogens (tertiary/aromatic N) is 8. The number of hydrogen-bond donors (Lipinski definition) is 0. The Morgan fingerprint density at radius 1 is 0.159 bits per heavy atom. The highest BCUT2D eigenvalue weighted by Crippen LogP contribution is 2.45. The van der Waals surface area contributed by atoms with Crippen molar-refractivity contribution in [1.29, 1.82) is 0 Å². The van der Waals surface area contributed by atoms with Gasteiger partial charge < -0.3 is 26.8 Å². The molecule has 0 aliphatic heterocycles. The summed E-state index contributed by atoms with van der Waals surface area (Å²) < 4.78 is 30.3. The average molecular weight is 1690 g/mol. The van der Waals surface area contributed by atoms with Crippen molar-refractivity contribution in [3.63, 3.8) is 0 Å². The third kappa shape index (κ3) is 12.7. The zero-order valence-electron chi connectivity index (χ0n) is 70.8. The smallest absolute Gasteiger partial charge is 0.180 e. The molecule has 0 bridgehead atoms. The van der Waals surface area contributed by atoms with E-state index in [0.29, 0.717) is 16.7 Å². The second-order valence-electron chi connectivity index (χ2n) is 33.5. The van der Waals surface area contributed by atoms with Crippen molar-refractivity contribution in [3.05, 3.63) is 438 Å². The number of hydrogen-bond acceptors (Lipinski definition) is 10. The van der Waals surface area contributed by atoms with E-state index in [9.17, 15) is 0 Å². The summed E-state index contributed by atoms with van der Waals surface area (Å²) in [6.07, 6.45) is 4.90. The van der Waals surface area contributed by atoms with Gasteiger partial charge in [-0.15, -0.1) is 0 Å². The van der Waals surface area contributed by atoms with E-state index in [1.165, 1.54) is 54.7 Å². The Bertz CT molecular complexity index is 9470. The standard InChI is InChI=1S/C44H27N3O.C38H23N3O.C38H22N2O2/c1-2-15-34(16-3-1)47-39-19-7-6-18-36(39)38-26-32(21-23-40(38)47)30-12-8-11-29(24-30)31-13-9-14-33(25-31)41-44-42(46-27-45-41)37-22-20-28-10-4-5-17-35(28)43(37)48-44;1-2-11-29-25(8-1)18-21-32-36-38(42-37(29)32)35(39-23-40-36)27-10-7-9-26(22-27)24-16-19-28(20-17-24)41-33-14-5-3-12-30(33)31-13-4-6-15-34(31)41;1-2-12-29-23(7-1)15-17-31-36-38(42-37(29)31)35(39-22-40-36)28-11-6-10-26(20-28)24-8-5-9-25(19-24)27-16-18-34-32(21-27)30-13-3-4-14-33(30)41-34/h1-27H;1-23H;1-22H. The Balaban J connectivity index is 0.000000104. The maximum Gasteiger partial charge on any atom is 0.180 e. The summed E-state index contributed by atoms with van der Waals surface area (Å²) in [5, 5.41) is 16.9. The summed E-state index contributed by atoms with van der Waals surface area (Å²) in [5.74, 6) is 0. The van der Waals surface area contributed by atoms with E-state index >= 15 is 0 Å². The van der Waals surface area contributed by atoms with Gasteiger partial charge in [-0.3, -0.25) is 0 Å². The minimum absolute atomic E-state index is 0.704. The predicted octanol–water partition coefficient (Wildman–Crippen LogP) is 32.0. The van der Waals surface area contributed by atoms with Gasteiger partial charge in [-0.05, 0) is 193 Å². The highest BCUT2D eigenvalue weighted by molar-refractivity contribution is 6.19. The van der Waals surface area contributed by atoms with Crippen LogP contribution < -0.4 is 0 Å². The molecule has 0 unspecified atom stereocenters. The predicted molar refractivity (Wildman–Crippen MR) is 540 cm³/mol. The van der Waals surface area contributed by atoms with Gasteiger partial charge in [0.25, 0.3) is 0 Å². The molecule has 0 spiro atoms. The molecule has 0 atom stereocenters. The van der Waals surface area contributed by atoms with Crippen LogP contribution >= 0.6 is 0 Å². The lowest BCUT2D eigenvalue weighted by Gasteiger charge is -2.10. The van der Waals surface area contributed by atoms with E-state index in [4.69, 9.17) is 22.7 Å². The van der Waals surface area contributed by atoms with Crippen LogP contribution in [0.1, 0.15) is 0 Å². The molecule has 28 rings (SSSR count). The molecule has 9 heterocycles. The van der Waals surface area contributed by atoms with Crippen LogP contribution in [0.25, 0.3) is 265 Å². The van der Waals surface area contributed by atoms with Gasteiger partial charge in [0.1, 0.15) is 80.5 Å². The molecule has 132 heavy (non-hydrogen) atoms. The van der Waals surface area contributed by atoms with Crippen molar-refractivity contribution >= 4 is 164 Å². The molecule has 0 saturated heterocycles. The Morgan fingerprint density at radius 3 is 0.894 bits per heavy atom. The van der Waals surface area contributed by atoms with E-state index in [-0.39, 0.29) is 0 Å². The van der Waals surface area contributed by atoms with Gasteiger partial charge in [-0.2, -0.15) is 0 Å². The summed E-state index contributed by atoms with van der Waals surface area (Å²) in [6.45, 7) is 0. The van der Waals surface area contributed by atoms with Crippen LogP contribution in [0.5, 0.6) is 0 Å². The normalized spacial score (nSPS) is 11.8. The summed E-state index contributed by atoms with van der Waals surface area (Å²) in [7, 11) is 0. The van der Waals surface area contributed by atoms with Gasteiger partial charge >= 0.3 is 0 Å². The average Bonchev–Trinajstić information content (AvgIpc) is 1.63. The first-order valence-electron chi connectivity index (χ1n) is 44.2. The van der Waals surface area contributed by atoms with Gasteiger partial charge in [0.05, 0.1) is 22.1 Å². The number of benzene rings is 19. The van der Waals surface area contributed by atoms with E-state index in [1.54, 1.807) is 19.0 Å². The first kappa shape index (κ1) is 75.3. The van der Waals surface area contributed by atoms with Crippen LogP contribution in [0.3, 0.4) is 0 Å². The fourth-order valence-corrected chi connectivity index (χ4v) is 19.7. The minimum Gasteiger partial charge on any atom is -0.456 e. The Hall–Kier alpha value is -18.0. The third-order valence-electron chi connectivity index (χ3n) is 26.0. The van der Waals surface area contributed by atoms with Gasteiger partial charge in [0.15, 0.2) is 16.7 Å². The first-order chi connectivity index (χ1) is 65.4. The van der Waals surface area contributed by atoms with Crippen molar-refractivity contribution in [1.82, 2.24) is 39.0 Å². The third-order valence-corrected chi connectivity index (χ3v) is 26.0. The van der Waals surface area contributed by atoms with Crippen LogP contribution in [0.2, 0.25) is 0 Å². The quantitative estimate of drug-likeness (QED) is 0.130. The monoisotopic (exact) mass is 1690 g/mol. The molecule has 616 valence electrons. The fraction of sp³-hybridized carbons (Fsp3) is 0. The fourth-order valence-electron chi connectivity index (χ4n) is 19.7. The van der Waals surface area contributed by atoms with E-state index in [1.807, 2.05) is 48.5 Å². The van der Waals surface area contributed by atoms with E-state index < -0.39 is 0 Å². The van der Waals surface area contributed by atoms with Crippen molar-refractivity contribution in [3.8, 4) is 101 Å². The van der Waals surface area contributed by atoms with Crippen LogP contribution in [-0.2, 0) is 0 Å². The lowest BCUT2D eigenvalue weighted by atomic mass is 9.96. The largest absolute Gasteiger partial charge is 0.456 e. The summed E-state index contributed by atoms with van der Waals surface area (Å²) in [6, 6.07) is 147. The Morgan fingerprint density at radius 2 is 0.462 bits per heavy atom. The Labute approximate surface area is 754 Å². The zero-order chi connectivity index (χ0) is 86.9. The van der Waals surface area contributed by atoms with Crippen LogP contribution in [0.15, 0.2) is 455 Å². The van der Waals surface area contributed by atoms with Gasteiger partial charge in [-0.25, -0.2) is 29.9 Å². The molecular weight excluding hydrogens is 1620 g/mol. The molecule has 0 amide bonds. The van der Waals surface area contributed by atoms with E-state index in [0.717, 1.165) is 193 Å². The maximum absolute atomic E-state index is 6.54. The molecular formula is C120H72N8O4. The summed E-state index contributed by atoms with van der Waals surface area (Å²) in [4.78, 5) is 28.0. The number of furan rings is 4. The SMILES string of the molecule is c1cc(-c2ccc(-n3c4ccccc4c4ccccc43)cc2)cc(-c2ncnc3c2oc2c4ccccc4ccc32)c1.c1cc(-c2cccc(-c3ncnc4c3oc3c5ccccc5ccc43)c2)cc(-c2ccc3oc4ccccc4c3c2)c1.c1ccc(-n2c3ccccc3c3cc(-c4cccc(-c5cccc(-c6ncnc7c6oc6c8ccccc8ccc76)c5)c4)ccc32)cc1. The molecule has 9 aromatic heterocycles. The second kappa shape index (κ2) is 31.0. The first-order valence-corrected chi connectivity index (χ1v) is 44.2. The van der Waals surface area contributed by atoms with E-state index in [2.05, 4.69) is 404 Å². The molecule has 0 saturated carbocycles.